The van der Waals surface area contributed by atoms with E-state index >= 15 is 0 Å². The van der Waals surface area contributed by atoms with E-state index in [1.807, 2.05) is 36.4 Å². The summed E-state index contributed by atoms with van der Waals surface area (Å²) in [7, 11) is 0. The molecule has 0 amide bonds. The van der Waals surface area contributed by atoms with E-state index in [4.69, 9.17) is 4.74 Å². The molecule has 0 heterocycles. The first-order valence-corrected chi connectivity index (χ1v) is 4.00. The first-order valence-electron chi connectivity index (χ1n) is 4.00. The van der Waals surface area contributed by atoms with E-state index in [2.05, 4.69) is 0 Å². The third-order valence-electron chi connectivity index (χ3n) is 1.92. The fourth-order valence-corrected chi connectivity index (χ4v) is 1.35. The average molecular weight is 214 g/mol. The van der Waals surface area contributed by atoms with Gasteiger partial charge in [0.25, 0.3) is 6.47 Å². The molecule has 0 atom stereocenters. The van der Waals surface area contributed by atoms with Crippen molar-refractivity contribution in [3.05, 3.63) is 42.5 Å². The molecule has 2 nitrogen and oxygen atoms in total. The van der Waals surface area contributed by atoms with Crippen LogP contribution in [0.3, 0.4) is 0 Å². The maximum absolute atomic E-state index is 10.2. The molecule has 0 N–H and O–H groups in total. The molecule has 68 valence electrons. The minimum absolute atomic E-state index is 0. The van der Waals surface area contributed by atoms with Crippen LogP contribution in [0.4, 0.5) is 0 Å². The molecule has 0 aliphatic carbocycles. The summed E-state index contributed by atoms with van der Waals surface area (Å²) in [6.07, 6.45) is 0. The molecule has 0 fully saturated rings. The number of ether oxygens (including phenoxy) is 1. The third kappa shape index (κ3) is 2.26. The molecule has 0 aromatic heterocycles. The summed E-state index contributed by atoms with van der Waals surface area (Å²) in [6, 6.07) is 13.4. The van der Waals surface area contributed by atoms with E-state index < -0.39 is 0 Å². The number of hydrogen-bond acceptors (Lipinski definition) is 2. The Kier molecular flexibility index (Phi) is 4.39. The van der Waals surface area contributed by atoms with E-state index in [0.29, 0.717) is 12.2 Å². The summed E-state index contributed by atoms with van der Waals surface area (Å²) in [5, 5.41) is 2.03. The number of rotatable bonds is 2. The van der Waals surface area contributed by atoms with E-state index in [0.717, 1.165) is 10.8 Å². The van der Waals surface area contributed by atoms with Crippen molar-refractivity contribution in [1.82, 2.24) is 0 Å². The van der Waals surface area contributed by atoms with Gasteiger partial charge in [0.1, 0.15) is 5.75 Å². The summed E-state index contributed by atoms with van der Waals surface area (Å²) >= 11 is 0. The molecule has 2 rings (SSSR count). The van der Waals surface area contributed by atoms with Crippen molar-refractivity contribution in [2.45, 2.75) is 0 Å². The van der Waals surface area contributed by atoms with Crippen LogP contribution in [-0.4, -0.2) is 44.2 Å². The Morgan fingerprint density at radius 2 is 1.71 bits per heavy atom. The Hall–Kier alpha value is -0.570. The van der Waals surface area contributed by atoms with Crippen molar-refractivity contribution in [1.29, 1.82) is 0 Å². The summed E-state index contributed by atoms with van der Waals surface area (Å²) < 4.78 is 4.84. The Balaban J connectivity index is 0.000000980. The van der Waals surface area contributed by atoms with Crippen LogP contribution in [0.25, 0.3) is 10.8 Å². The number of benzene rings is 2. The Bertz CT molecular complexity index is 435. The summed E-state index contributed by atoms with van der Waals surface area (Å²) in [5.74, 6) is 0.605. The topological polar surface area (TPSA) is 26.3 Å². The van der Waals surface area contributed by atoms with Crippen LogP contribution >= 0.6 is 0 Å². The van der Waals surface area contributed by atoms with E-state index in [1.165, 1.54) is 0 Å². The molecule has 0 unspecified atom stereocenters. The fourth-order valence-electron chi connectivity index (χ4n) is 1.35. The zero-order valence-electron chi connectivity index (χ0n) is 6.94. The van der Waals surface area contributed by atoms with Crippen LogP contribution in [0.15, 0.2) is 42.5 Å². The zero-order valence-corrected chi connectivity index (χ0v) is 6.94. The predicted molar refractivity (Wildman–Crippen MR) is 59.2 cm³/mol. The molecule has 14 heavy (non-hydrogen) atoms. The Morgan fingerprint density at radius 1 is 1.00 bits per heavy atom. The van der Waals surface area contributed by atoms with Crippen LogP contribution < -0.4 is 4.74 Å². The maximum atomic E-state index is 10.2. The van der Waals surface area contributed by atoms with Crippen LogP contribution in [0, 0.1) is 0 Å². The molecule has 2 aromatic rings. The van der Waals surface area contributed by atoms with Crippen LogP contribution in [-0.2, 0) is 4.79 Å². The van der Waals surface area contributed by atoms with Crippen LogP contribution in [0.1, 0.15) is 0 Å². The van der Waals surface area contributed by atoms with Gasteiger partial charge in [-0.2, -0.15) is 0 Å². The van der Waals surface area contributed by atoms with Gasteiger partial charge in [-0.15, -0.1) is 0 Å². The Morgan fingerprint density at radius 3 is 2.50 bits per heavy atom. The van der Waals surface area contributed by atoms with E-state index in [9.17, 15) is 4.79 Å². The van der Waals surface area contributed by atoms with Gasteiger partial charge < -0.3 is 4.74 Å². The molecule has 0 radical (unpaired) electrons. The van der Waals surface area contributed by atoms with Gasteiger partial charge in [-0.1, -0.05) is 36.4 Å². The van der Waals surface area contributed by atoms with Gasteiger partial charge in [0.05, 0.1) is 0 Å². The Labute approximate surface area is 112 Å². The number of hydrogen-bond donors (Lipinski definition) is 0. The van der Waals surface area contributed by atoms with Gasteiger partial charge in [0, 0.05) is 5.39 Å². The quantitative estimate of drug-likeness (QED) is 0.559. The van der Waals surface area contributed by atoms with Gasteiger partial charge in [-0.25, -0.2) is 0 Å². The molecule has 0 saturated heterocycles. The molecule has 3 heteroatoms. The molecule has 2 aromatic carbocycles. The van der Waals surface area contributed by atoms with Gasteiger partial charge >= 0.3 is 37.7 Å². The first kappa shape index (κ1) is 11.5. The molecule has 0 aliphatic heterocycles. The predicted octanol–water partition coefficient (Wildman–Crippen LogP) is 1.46. The first-order chi connectivity index (χ1) is 6.42. The normalized spacial score (nSPS) is 9.14. The van der Waals surface area contributed by atoms with Crippen molar-refractivity contribution >= 4 is 55.0 Å². The third-order valence-corrected chi connectivity index (χ3v) is 1.92. The zero-order chi connectivity index (χ0) is 9.10. The SMILES string of the molecule is O=COc1cccc2ccccc12.[CaH2]. The van der Waals surface area contributed by atoms with Crippen LogP contribution in [0.5, 0.6) is 5.75 Å². The molecular weight excluding hydrogens is 204 g/mol. The second-order valence-corrected chi connectivity index (χ2v) is 2.69. The average Bonchev–Trinajstić information content (AvgIpc) is 2.19. The van der Waals surface area contributed by atoms with Gasteiger partial charge in [-0.05, 0) is 11.5 Å². The number of carbonyl (C=O) groups excluding carboxylic acids is 1. The monoisotopic (exact) mass is 214 g/mol. The van der Waals surface area contributed by atoms with E-state index in [-0.39, 0.29) is 37.7 Å². The molecule has 0 saturated carbocycles. The molecule has 0 aliphatic rings. The summed E-state index contributed by atoms with van der Waals surface area (Å²) in [4.78, 5) is 10.2. The molecule has 0 bridgehead atoms. The molecular formula is C11H10CaO2. The van der Waals surface area contributed by atoms with Crippen molar-refractivity contribution in [3.8, 4) is 5.75 Å². The fraction of sp³-hybridized carbons (Fsp3) is 0. The van der Waals surface area contributed by atoms with Crippen molar-refractivity contribution < 1.29 is 9.53 Å². The van der Waals surface area contributed by atoms with Gasteiger partial charge in [0.2, 0.25) is 0 Å². The molecule has 0 spiro atoms. The van der Waals surface area contributed by atoms with Gasteiger partial charge in [0.15, 0.2) is 0 Å². The van der Waals surface area contributed by atoms with Crippen molar-refractivity contribution in [2.24, 2.45) is 0 Å². The second-order valence-electron chi connectivity index (χ2n) is 2.69. The van der Waals surface area contributed by atoms with Crippen LogP contribution in [0.2, 0.25) is 0 Å². The minimum atomic E-state index is 0. The van der Waals surface area contributed by atoms with Crippen molar-refractivity contribution in [3.63, 3.8) is 0 Å². The standard InChI is InChI=1S/C11H8O2.Ca.2H/c12-8-13-11-7-3-5-9-4-1-2-6-10(9)11;;;/h1-8H;;;. The van der Waals surface area contributed by atoms with Crippen molar-refractivity contribution in [2.75, 3.05) is 0 Å². The van der Waals surface area contributed by atoms with E-state index in [1.54, 1.807) is 6.07 Å². The number of fused-ring (bicyclic) bond motifs is 1. The summed E-state index contributed by atoms with van der Waals surface area (Å²) in [5.41, 5.74) is 0. The number of carbonyl (C=O) groups is 1. The second kappa shape index (κ2) is 5.35. The van der Waals surface area contributed by atoms with Gasteiger partial charge in [-0.3, -0.25) is 4.79 Å². The summed E-state index contributed by atoms with van der Waals surface area (Å²) in [6.45, 7) is 0.446.